The van der Waals surface area contributed by atoms with E-state index in [0.717, 1.165) is 5.69 Å². The van der Waals surface area contributed by atoms with E-state index >= 15 is 0 Å². The van der Waals surface area contributed by atoms with Crippen LogP contribution in [0.2, 0.25) is 0 Å². The molecule has 0 spiro atoms. The highest BCUT2D eigenvalue weighted by Gasteiger charge is 2.37. The number of amides is 2. The molecular formula is C17H22N2O4S. The van der Waals surface area contributed by atoms with Crippen molar-refractivity contribution < 1.29 is 18.0 Å². The van der Waals surface area contributed by atoms with Crippen molar-refractivity contribution in [1.82, 2.24) is 4.90 Å². The molecule has 0 bridgehead atoms. The number of piperidine rings is 1. The van der Waals surface area contributed by atoms with E-state index in [1.165, 1.54) is 0 Å². The van der Waals surface area contributed by atoms with Gasteiger partial charge in [0.1, 0.15) is 0 Å². The third-order valence-corrected chi connectivity index (χ3v) is 6.57. The topological polar surface area (TPSA) is 83.6 Å². The standard InChI is InChI=1S/C17H22N2O4S/c20-16(18-15-4-2-1-3-5-15)13-6-9-19(10-7-13)17(21)14-8-11-24(22,23)12-14/h1-5,13-14H,6-12H2,(H,18,20). The van der Waals surface area contributed by atoms with E-state index in [1.807, 2.05) is 30.3 Å². The SMILES string of the molecule is O=C(Nc1ccccc1)C1CCN(C(=O)C2CCS(=O)(=O)C2)CC1. The Balaban J connectivity index is 1.50. The zero-order valence-corrected chi connectivity index (χ0v) is 14.3. The molecular weight excluding hydrogens is 328 g/mol. The van der Waals surface area contributed by atoms with Gasteiger partial charge in [-0.15, -0.1) is 0 Å². The first-order valence-corrected chi connectivity index (χ1v) is 10.1. The van der Waals surface area contributed by atoms with Gasteiger partial charge in [-0.05, 0) is 31.4 Å². The summed E-state index contributed by atoms with van der Waals surface area (Å²) in [6.45, 7) is 1.03. The molecule has 2 heterocycles. The number of carbonyl (C=O) groups excluding carboxylic acids is 2. The second kappa shape index (κ2) is 6.93. The fourth-order valence-corrected chi connectivity index (χ4v) is 5.11. The van der Waals surface area contributed by atoms with Gasteiger partial charge < -0.3 is 10.2 Å². The van der Waals surface area contributed by atoms with Crippen LogP contribution < -0.4 is 5.32 Å². The Hall–Kier alpha value is -1.89. The van der Waals surface area contributed by atoms with Gasteiger partial charge in [-0.2, -0.15) is 0 Å². The molecule has 0 radical (unpaired) electrons. The van der Waals surface area contributed by atoms with Gasteiger partial charge in [0.15, 0.2) is 9.84 Å². The summed E-state index contributed by atoms with van der Waals surface area (Å²) >= 11 is 0. The summed E-state index contributed by atoms with van der Waals surface area (Å²) in [6.07, 6.45) is 1.66. The van der Waals surface area contributed by atoms with Crippen LogP contribution in [0.4, 0.5) is 5.69 Å². The van der Waals surface area contributed by atoms with Gasteiger partial charge in [0.25, 0.3) is 0 Å². The smallest absolute Gasteiger partial charge is 0.227 e. The molecule has 2 amide bonds. The van der Waals surface area contributed by atoms with Crippen molar-refractivity contribution in [2.75, 3.05) is 29.9 Å². The Labute approximate surface area is 142 Å². The lowest BCUT2D eigenvalue weighted by molar-refractivity contribution is -0.137. The number of sulfone groups is 1. The van der Waals surface area contributed by atoms with Crippen molar-refractivity contribution in [3.05, 3.63) is 30.3 Å². The minimum absolute atomic E-state index is 0.0169. The first kappa shape index (κ1) is 17.0. The molecule has 1 atom stereocenters. The molecule has 2 fully saturated rings. The van der Waals surface area contributed by atoms with Crippen molar-refractivity contribution in [3.8, 4) is 0 Å². The van der Waals surface area contributed by atoms with Crippen LogP contribution in [0, 0.1) is 11.8 Å². The van der Waals surface area contributed by atoms with Crippen LogP contribution in [0.5, 0.6) is 0 Å². The van der Waals surface area contributed by atoms with Gasteiger partial charge >= 0.3 is 0 Å². The lowest BCUT2D eigenvalue weighted by Crippen LogP contribution is -2.44. The van der Waals surface area contributed by atoms with Crippen LogP contribution in [-0.2, 0) is 19.4 Å². The highest BCUT2D eigenvalue weighted by molar-refractivity contribution is 7.91. The van der Waals surface area contributed by atoms with Crippen LogP contribution in [0.3, 0.4) is 0 Å². The average Bonchev–Trinajstić information content (AvgIpc) is 2.95. The molecule has 130 valence electrons. The Kier molecular flexibility index (Phi) is 4.89. The first-order chi connectivity index (χ1) is 11.4. The number of hydrogen-bond donors (Lipinski definition) is 1. The van der Waals surface area contributed by atoms with Gasteiger partial charge in [-0.3, -0.25) is 9.59 Å². The lowest BCUT2D eigenvalue weighted by Gasteiger charge is -2.32. The highest BCUT2D eigenvalue weighted by atomic mass is 32.2. The number of rotatable bonds is 3. The predicted octanol–water partition coefficient (Wildman–Crippen LogP) is 1.30. The number of likely N-dealkylation sites (tertiary alicyclic amines) is 1. The Morgan fingerprint density at radius 2 is 1.67 bits per heavy atom. The normalized spacial score (nSPS) is 23.8. The number of carbonyl (C=O) groups is 2. The molecule has 0 aromatic heterocycles. The Morgan fingerprint density at radius 3 is 2.25 bits per heavy atom. The van der Waals surface area contributed by atoms with Crippen molar-refractivity contribution in [2.24, 2.45) is 11.8 Å². The molecule has 1 N–H and O–H groups in total. The van der Waals surface area contributed by atoms with Crippen LogP contribution in [0.25, 0.3) is 0 Å². The maximum absolute atomic E-state index is 12.4. The van der Waals surface area contributed by atoms with Crippen molar-refractivity contribution in [3.63, 3.8) is 0 Å². The minimum atomic E-state index is -3.05. The van der Waals surface area contributed by atoms with E-state index in [4.69, 9.17) is 0 Å². The fraction of sp³-hybridized carbons (Fsp3) is 0.529. The number of nitrogens with zero attached hydrogens (tertiary/aromatic N) is 1. The Morgan fingerprint density at radius 1 is 1.00 bits per heavy atom. The third-order valence-electron chi connectivity index (χ3n) is 4.80. The monoisotopic (exact) mass is 350 g/mol. The second-order valence-corrected chi connectivity index (χ2v) is 8.78. The zero-order valence-electron chi connectivity index (χ0n) is 13.5. The van der Waals surface area contributed by atoms with Crippen molar-refractivity contribution >= 4 is 27.3 Å². The zero-order chi connectivity index (χ0) is 17.2. The third kappa shape index (κ3) is 3.95. The van der Waals surface area contributed by atoms with Crippen LogP contribution in [-0.4, -0.2) is 49.7 Å². The summed E-state index contributed by atoms with van der Waals surface area (Å²) in [5, 5.41) is 2.90. The largest absolute Gasteiger partial charge is 0.342 e. The van der Waals surface area contributed by atoms with Crippen molar-refractivity contribution in [2.45, 2.75) is 19.3 Å². The number of para-hydroxylation sites is 1. The van der Waals surface area contributed by atoms with E-state index in [2.05, 4.69) is 5.32 Å². The van der Waals surface area contributed by atoms with E-state index in [9.17, 15) is 18.0 Å². The molecule has 7 heteroatoms. The quantitative estimate of drug-likeness (QED) is 0.891. The van der Waals surface area contributed by atoms with Crippen LogP contribution in [0.15, 0.2) is 30.3 Å². The molecule has 0 aliphatic carbocycles. The molecule has 2 saturated heterocycles. The van der Waals surface area contributed by atoms with Crippen LogP contribution in [0.1, 0.15) is 19.3 Å². The van der Waals surface area contributed by atoms with Gasteiger partial charge in [0.2, 0.25) is 11.8 Å². The lowest BCUT2D eigenvalue weighted by atomic mass is 9.94. The maximum Gasteiger partial charge on any atom is 0.227 e. The van der Waals surface area contributed by atoms with E-state index in [1.54, 1.807) is 4.90 Å². The second-order valence-electron chi connectivity index (χ2n) is 6.55. The first-order valence-electron chi connectivity index (χ1n) is 8.30. The summed E-state index contributed by atoms with van der Waals surface area (Å²) in [7, 11) is -3.05. The summed E-state index contributed by atoms with van der Waals surface area (Å²) in [4.78, 5) is 26.4. The molecule has 2 aliphatic rings. The van der Waals surface area contributed by atoms with Gasteiger partial charge in [-0.1, -0.05) is 18.2 Å². The summed E-state index contributed by atoms with van der Waals surface area (Å²) in [5.74, 6) is -0.513. The average molecular weight is 350 g/mol. The van der Waals surface area contributed by atoms with E-state index in [-0.39, 0.29) is 29.2 Å². The maximum atomic E-state index is 12.4. The fourth-order valence-electron chi connectivity index (χ4n) is 3.38. The van der Waals surface area contributed by atoms with Crippen LogP contribution >= 0.6 is 0 Å². The molecule has 6 nitrogen and oxygen atoms in total. The molecule has 24 heavy (non-hydrogen) atoms. The highest BCUT2D eigenvalue weighted by Crippen LogP contribution is 2.25. The summed E-state index contributed by atoms with van der Waals surface area (Å²) < 4.78 is 23.0. The molecule has 3 rings (SSSR count). The number of anilines is 1. The predicted molar refractivity (Wildman–Crippen MR) is 91.1 cm³/mol. The number of nitrogens with one attached hydrogen (secondary N) is 1. The molecule has 1 unspecified atom stereocenters. The molecule has 1 aromatic carbocycles. The molecule has 0 saturated carbocycles. The summed E-state index contributed by atoms with van der Waals surface area (Å²) in [6, 6.07) is 9.32. The number of hydrogen-bond acceptors (Lipinski definition) is 4. The van der Waals surface area contributed by atoms with E-state index < -0.39 is 15.8 Å². The molecule has 1 aromatic rings. The van der Waals surface area contributed by atoms with Gasteiger partial charge in [-0.25, -0.2) is 8.42 Å². The van der Waals surface area contributed by atoms with Gasteiger partial charge in [0.05, 0.1) is 17.4 Å². The number of benzene rings is 1. The minimum Gasteiger partial charge on any atom is -0.342 e. The summed E-state index contributed by atoms with van der Waals surface area (Å²) in [5.41, 5.74) is 0.775. The van der Waals surface area contributed by atoms with Crippen molar-refractivity contribution in [1.29, 1.82) is 0 Å². The Bertz CT molecular complexity index is 709. The van der Waals surface area contributed by atoms with E-state index in [0.29, 0.717) is 32.4 Å². The molecule has 2 aliphatic heterocycles. The van der Waals surface area contributed by atoms with Gasteiger partial charge in [0, 0.05) is 24.7 Å².